The van der Waals surface area contributed by atoms with E-state index >= 15 is 0 Å². The van der Waals surface area contributed by atoms with Crippen LogP contribution in [0.3, 0.4) is 0 Å². The fraction of sp³-hybridized carbons (Fsp3) is 0.500. The quantitative estimate of drug-likeness (QED) is 0.866. The lowest BCUT2D eigenvalue weighted by molar-refractivity contribution is -0.141. The van der Waals surface area contributed by atoms with Gasteiger partial charge in [0.05, 0.1) is 32.3 Å². The molecule has 2 rings (SSSR count). The number of ether oxygens (including phenoxy) is 3. The van der Waals surface area contributed by atoms with Crippen LogP contribution < -0.4 is 19.5 Å². The van der Waals surface area contributed by atoms with Crippen LogP contribution >= 0.6 is 11.6 Å². The average molecular weight is 316 g/mol. The highest BCUT2D eigenvalue weighted by Gasteiger charge is 2.34. The Morgan fingerprint density at radius 1 is 1.29 bits per heavy atom. The van der Waals surface area contributed by atoms with E-state index in [-0.39, 0.29) is 6.04 Å². The summed E-state index contributed by atoms with van der Waals surface area (Å²) in [7, 11) is 4.55. The highest BCUT2D eigenvalue weighted by molar-refractivity contribution is 6.33. The zero-order chi connectivity index (χ0) is 15.6. The third-order valence-corrected chi connectivity index (χ3v) is 4.04. The third kappa shape index (κ3) is 2.87. The number of halogens is 1. The van der Waals surface area contributed by atoms with Crippen molar-refractivity contribution < 1.29 is 24.1 Å². The predicted molar refractivity (Wildman–Crippen MR) is 77.6 cm³/mol. The second-order valence-electron chi connectivity index (χ2n) is 4.77. The lowest BCUT2D eigenvalue weighted by Crippen LogP contribution is -2.17. The molecule has 21 heavy (non-hydrogen) atoms. The van der Waals surface area contributed by atoms with Crippen LogP contribution in [0.1, 0.15) is 18.0 Å². The normalized spacial score (nSPS) is 21.1. The topological polar surface area (TPSA) is 77.0 Å². The lowest BCUT2D eigenvalue weighted by Gasteiger charge is -2.20. The maximum absolute atomic E-state index is 11.1. The molecule has 0 amide bonds. The minimum Gasteiger partial charge on any atom is -0.496 e. The Balaban J connectivity index is 2.45. The van der Waals surface area contributed by atoms with Gasteiger partial charge in [0.1, 0.15) is 5.75 Å². The van der Waals surface area contributed by atoms with Crippen molar-refractivity contribution in [2.75, 3.05) is 27.9 Å². The first-order valence-electron chi connectivity index (χ1n) is 6.48. The molecule has 2 unspecified atom stereocenters. The average Bonchev–Trinajstić information content (AvgIpc) is 2.95. The Bertz CT molecular complexity index is 549. The SMILES string of the molecule is COc1cc(OC)c(C2CC(C(=O)O)CN2)c(Cl)c1OC. The molecule has 1 aromatic carbocycles. The Morgan fingerprint density at radius 3 is 2.43 bits per heavy atom. The Kier molecular flexibility index (Phi) is 4.80. The Hall–Kier alpha value is -1.66. The predicted octanol–water partition coefficient (Wildman–Crippen LogP) is 2.10. The Labute approximate surface area is 127 Å². The van der Waals surface area contributed by atoms with E-state index in [9.17, 15) is 4.79 Å². The van der Waals surface area contributed by atoms with Gasteiger partial charge in [0, 0.05) is 24.2 Å². The summed E-state index contributed by atoms with van der Waals surface area (Å²) >= 11 is 6.41. The molecule has 7 heteroatoms. The summed E-state index contributed by atoms with van der Waals surface area (Å²) in [6.45, 7) is 0.397. The third-order valence-electron chi connectivity index (χ3n) is 3.66. The molecule has 0 saturated carbocycles. The Morgan fingerprint density at radius 2 is 1.95 bits per heavy atom. The molecule has 0 radical (unpaired) electrons. The number of aliphatic carboxylic acids is 1. The van der Waals surface area contributed by atoms with Gasteiger partial charge in [-0.2, -0.15) is 0 Å². The first kappa shape index (κ1) is 15.7. The summed E-state index contributed by atoms with van der Waals surface area (Å²) in [6, 6.07) is 1.49. The van der Waals surface area contributed by atoms with Crippen molar-refractivity contribution >= 4 is 17.6 Å². The van der Waals surface area contributed by atoms with E-state index < -0.39 is 11.9 Å². The van der Waals surface area contributed by atoms with Gasteiger partial charge in [0.15, 0.2) is 11.5 Å². The summed E-state index contributed by atoms with van der Waals surface area (Å²) < 4.78 is 15.9. The number of carboxylic acid groups (broad SMARTS) is 1. The number of hydrogen-bond donors (Lipinski definition) is 2. The second-order valence-corrected chi connectivity index (χ2v) is 5.15. The zero-order valence-electron chi connectivity index (χ0n) is 12.1. The first-order valence-corrected chi connectivity index (χ1v) is 6.85. The van der Waals surface area contributed by atoms with Crippen LogP contribution in [-0.2, 0) is 4.79 Å². The zero-order valence-corrected chi connectivity index (χ0v) is 12.9. The van der Waals surface area contributed by atoms with Crippen molar-refractivity contribution in [1.29, 1.82) is 0 Å². The lowest BCUT2D eigenvalue weighted by atomic mass is 9.98. The molecule has 6 nitrogen and oxygen atoms in total. The van der Waals surface area contributed by atoms with Gasteiger partial charge in [-0.25, -0.2) is 0 Å². The highest BCUT2D eigenvalue weighted by Crippen LogP contribution is 2.47. The summed E-state index contributed by atoms with van der Waals surface area (Å²) in [5.74, 6) is 0.164. The van der Waals surface area contributed by atoms with E-state index in [0.717, 1.165) is 0 Å². The van der Waals surface area contributed by atoms with Crippen LogP contribution in [0.2, 0.25) is 5.02 Å². The van der Waals surface area contributed by atoms with Gasteiger partial charge in [-0.1, -0.05) is 11.6 Å². The number of nitrogens with one attached hydrogen (secondary N) is 1. The van der Waals surface area contributed by atoms with Crippen LogP contribution in [-0.4, -0.2) is 38.9 Å². The number of carboxylic acids is 1. The van der Waals surface area contributed by atoms with E-state index in [2.05, 4.69) is 5.32 Å². The van der Waals surface area contributed by atoms with E-state index in [1.807, 2.05) is 0 Å². The monoisotopic (exact) mass is 315 g/mol. The fourth-order valence-electron chi connectivity index (χ4n) is 2.58. The van der Waals surface area contributed by atoms with Crippen molar-refractivity contribution in [2.24, 2.45) is 5.92 Å². The van der Waals surface area contributed by atoms with Crippen LogP contribution in [0.5, 0.6) is 17.2 Å². The van der Waals surface area contributed by atoms with Crippen molar-refractivity contribution in [3.63, 3.8) is 0 Å². The van der Waals surface area contributed by atoms with Crippen molar-refractivity contribution in [1.82, 2.24) is 5.32 Å². The summed E-state index contributed by atoms with van der Waals surface area (Å²) in [5, 5.41) is 12.6. The maximum Gasteiger partial charge on any atom is 0.307 e. The molecular weight excluding hydrogens is 298 g/mol. The number of rotatable bonds is 5. The van der Waals surface area contributed by atoms with Crippen molar-refractivity contribution in [3.8, 4) is 17.2 Å². The number of methoxy groups -OCH3 is 3. The van der Waals surface area contributed by atoms with E-state index in [0.29, 0.717) is 40.8 Å². The molecule has 0 aliphatic carbocycles. The molecule has 1 aliphatic rings. The molecule has 1 fully saturated rings. The first-order chi connectivity index (χ1) is 10.0. The molecule has 1 aromatic rings. The van der Waals surface area contributed by atoms with Gasteiger partial charge in [0.25, 0.3) is 0 Å². The summed E-state index contributed by atoms with van der Waals surface area (Å²) in [4.78, 5) is 11.1. The van der Waals surface area contributed by atoms with E-state index in [4.69, 9.17) is 30.9 Å². The molecule has 1 aliphatic heterocycles. The minimum absolute atomic E-state index is 0.201. The molecule has 0 bridgehead atoms. The van der Waals surface area contributed by atoms with Crippen LogP contribution in [0.4, 0.5) is 0 Å². The molecule has 116 valence electrons. The van der Waals surface area contributed by atoms with E-state index in [1.54, 1.807) is 6.07 Å². The van der Waals surface area contributed by atoms with Crippen LogP contribution in [0.25, 0.3) is 0 Å². The molecule has 0 spiro atoms. The van der Waals surface area contributed by atoms with Gasteiger partial charge in [-0.15, -0.1) is 0 Å². The molecule has 1 saturated heterocycles. The molecule has 2 N–H and O–H groups in total. The maximum atomic E-state index is 11.1. The number of hydrogen-bond acceptors (Lipinski definition) is 5. The van der Waals surface area contributed by atoms with Crippen LogP contribution in [0.15, 0.2) is 6.07 Å². The standard InChI is InChI=1S/C14H18ClNO5/c1-19-9-5-10(20-2)13(21-3)12(15)11(9)8-4-7(6-16-8)14(17)18/h5,7-8,16H,4,6H2,1-3H3,(H,17,18). The van der Waals surface area contributed by atoms with E-state index in [1.165, 1.54) is 21.3 Å². The largest absolute Gasteiger partial charge is 0.496 e. The fourth-order valence-corrected chi connectivity index (χ4v) is 2.98. The van der Waals surface area contributed by atoms with Crippen LogP contribution in [0, 0.1) is 5.92 Å². The van der Waals surface area contributed by atoms with Crippen molar-refractivity contribution in [3.05, 3.63) is 16.7 Å². The number of benzene rings is 1. The minimum atomic E-state index is -0.819. The van der Waals surface area contributed by atoms with Gasteiger partial charge >= 0.3 is 5.97 Å². The number of carbonyl (C=O) groups is 1. The second kappa shape index (κ2) is 6.41. The molecular formula is C14H18ClNO5. The van der Waals surface area contributed by atoms with Gasteiger partial charge in [-0.05, 0) is 6.42 Å². The van der Waals surface area contributed by atoms with Crippen molar-refractivity contribution in [2.45, 2.75) is 12.5 Å². The molecule has 1 heterocycles. The molecule has 2 atom stereocenters. The van der Waals surface area contributed by atoms with Gasteiger partial charge in [0.2, 0.25) is 0 Å². The summed E-state index contributed by atoms with van der Waals surface area (Å²) in [6.07, 6.45) is 0.445. The highest BCUT2D eigenvalue weighted by atomic mass is 35.5. The van der Waals surface area contributed by atoms with Gasteiger partial charge in [-0.3, -0.25) is 4.79 Å². The van der Waals surface area contributed by atoms with Gasteiger partial charge < -0.3 is 24.6 Å². The smallest absolute Gasteiger partial charge is 0.307 e. The summed E-state index contributed by atoms with van der Waals surface area (Å²) in [5.41, 5.74) is 0.695. The molecule has 0 aromatic heterocycles.